The first kappa shape index (κ1) is 17.7. The molecule has 0 aliphatic heterocycles. The van der Waals surface area contributed by atoms with E-state index in [1.54, 1.807) is 6.07 Å². The molecule has 2 N–H and O–H groups in total. The van der Waals surface area contributed by atoms with Gasteiger partial charge in [0.2, 0.25) is 10.0 Å². The molecule has 0 unspecified atom stereocenters. The highest BCUT2D eigenvalue weighted by atomic mass is 79.9. The minimum Gasteiger partial charge on any atom is -0.452 e. The van der Waals surface area contributed by atoms with Crippen molar-refractivity contribution in [2.24, 2.45) is 0 Å². The highest BCUT2D eigenvalue weighted by Gasteiger charge is 2.24. The van der Waals surface area contributed by atoms with Crippen LogP contribution in [0.1, 0.15) is 46.3 Å². The van der Waals surface area contributed by atoms with Crippen LogP contribution in [0.2, 0.25) is 0 Å². The van der Waals surface area contributed by atoms with Gasteiger partial charge in [0, 0.05) is 18.2 Å². The number of nitrogens with one attached hydrogen (secondary N) is 2. The molecule has 1 aromatic rings. The van der Waals surface area contributed by atoms with Gasteiger partial charge in [-0.05, 0) is 28.8 Å². The van der Waals surface area contributed by atoms with Crippen molar-refractivity contribution in [1.29, 1.82) is 0 Å². The van der Waals surface area contributed by atoms with Crippen molar-refractivity contribution in [3.05, 3.63) is 16.5 Å². The van der Waals surface area contributed by atoms with E-state index in [4.69, 9.17) is 4.42 Å². The van der Waals surface area contributed by atoms with E-state index in [1.807, 2.05) is 27.7 Å². The summed E-state index contributed by atoms with van der Waals surface area (Å²) in [6.07, 6.45) is 1.51. The van der Waals surface area contributed by atoms with Gasteiger partial charge >= 0.3 is 0 Å². The van der Waals surface area contributed by atoms with Crippen LogP contribution < -0.4 is 10.0 Å². The lowest BCUT2D eigenvalue weighted by Gasteiger charge is -2.13. The second kappa shape index (κ2) is 7.59. The molecule has 0 spiro atoms. The molecule has 0 aromatic carbocycles. The molecule has 0 atom stereocenters. The van der Waals surface area contributed by atoms with Crippen LogP contribution in [0.4, 0.5) is 0 Å². The molecule has 1 heterocycles. The van der Waals surface area contributed by atoms with Gasteiger partial charge in [0.25, 0.3) is 0 Å². The third-order valence-electron chi connectivity index (χ3n) is 2.99. The number of hydrogen-bond acceptors (Lipinski definition) is 4. The number of sulfonamides is 1. The zero-order valence-electron chi connectivity index (χ0n) is 12.4. The summed E-state index contributed by atoms with van der Waals surface area (Å²) in [6.45, 7) is 8.45. The zero-order valence-corrected chi connectivity index (χ0v) is 14.8. The van der Waals surface area contributed by atoms with Gasteiger partial charge in [-0.15, -0.1) is 0 Å². The lowest BCUT2D eigenvalue weighted by atomic mass is 10.2. The van der Waals surface area contributed by atoms with Crippen LogP contribution in [0, 0.1) is 0 Å². The molecular weight excluding hydrogens is 344 g/mol. The third-order valence-corrected chi connectivity index (χ3v) is 5.37. The normalized spacial score (nSPS) is 12.6. The maximum atomic E-state index is 12.3. The van der Waals surface area contributed by atoms with Crippen LogP contribution in [0.5, 0.6) is 0 Å². The third kappa shape index (κ3) is 4.87. The van der Waals surface area contributed by atoms with Gasteiger partial charge in [0.1, 0.15) is 10.7 Å². The summed E-state index contributed by atoms with van der Waals surface area (Å²) >= 11 is 3.18. The summed E-state index contributed by atoms with van der Waals surface area (Å²) < 4.78 is 33.0. The fourth-order valence-electron chi connectivity index (χ4n) is 1.71. The SMILES string of the molecule is CCC(CC)NS(=O)(=O)c1cc(CNC(C)C)oc1Br. The zero-order chi connectivity index (χ0) is 15.3. The van der Waals surface area contributed by atoms with Gasteiger partial charge in [-0.3, -0.25) is 0 Å². The van der Waals surface area contributed by atoms with Gasteiger partial charge in [-0.1, -0.05) is 27.7 Å². The molecule has 20 heavy (non-hydrogen) atoms. The van der Waals surface area contributed by atoms with E-state index in [9.17, 15) is 8.42 Å². The van der Waals surface area contributed by atoms with Crippen molar-refractivity contribution in [3.63, 3.8) is 0 Å². The van der Waals surface area contributed by atoms with Crippen LogP contribution in [0.15, 0.2) is 20.0 Å². The summed E-state index contributed by atoms with van der Waals surface area (Å²) in [5.74, 6) is 0.593. The Balaban J connectivity index is 2.89. The van der Waals surface area contributed by atoms with Gasteiger partial charge in [0.05, 0.1) is 6.54 Å². The smallest absolute Gasteiger partial charge is 0.245 e. The quantitative estimate of drug-likeness (QED) is 0.741. The Bertz CT molecular complexity index is 522. The topological polar surface area (TPSA) is 71.3 Å². The molecule has 5 nitrogen and oxygen atoms in total. The van der Waals surface area contributed by atoms with E-state index >= 15 is 0 Å². The summed E-state index contributed by atoms with van der Waals surface area (Å²) in [4.78, 5) is 0.157. The van der Waals surface area contributed by atoms with Crippen LogP contribution >= 0.6 is 15.9 Å². The van der Waals surface area contributed by atoms with Crippen molar-refractivity contribution in [3.8, 4) is 0 Å². The molecule has 0 aliphatic rings. The van der Waals surface area contributed by atoms with Gasteiger partial charge in [-0.2, -0.15) is 0 Å². The Hall–Kier alpha value is -0.370. The summed E-state index contributed by atoms with van der Waals surface area (Å²) in [5, 5.41) is 3.19. The van der Waals surface area contributed by atoms with E-state index in [0.717, 1.165) is 12.8 Å². The Morgan fingerprint density at radius 1 is 1.30 bits per heavy atom. The number of halogens is 1. The van der Waals surface area contributed by atoms with Gasteiger partial charge in [0.15, 0.2) is 4.67 Å². The van der Waals surface area contributed by atoms with E-state index in [0.29, 0.717) is 18.3 Å². The van der Waals surface area contributed by atoms with E-state index in [-0.39, 0.29) is 15.6 Å². The Labute approximate surface area is 129 Å². The van der Waals surface area contributed by atoms with Crippen molar-refractivity contribution >= 4 is 26.0 Å². The molecule has 0 aliphatic carbocycles. The first-order valence-electron chi connectivity index (χ1n) is 6.84. The predicted molar refractivity (Wildman–Crippen MR) is 83.1 cm³/mol. The predicted octanol–water partition coefficient (Wildman–Crippen LogP) is 3.01. The molecule has 116 valence electrons. The minimum absolute atomic E-state index is 0.0564. The minimum atomic E-state index is -3.55. The number of furan rings is 1. The second-order valence-corrected chi connectivity index (χ2v) is 7.42. The summed E-state index contributed by atoms with van der Waals surface area (Å²) in [5.41, 5.74) is 0. The van der Waals surface area contributed by atoms with Gasteiger partial charge < -0.3 is 9.73 Å². The van der Waals surface area contributed by atoms with Crippen LogP contribution in [0.25, 0.3) is 0 Å². The monoisotopic (exact) mass is 366 g/mol. The first-order valence-corrected chi connectivity index (χ1v) is 9.11. The largest absolute Gasteiger partial charge is 0.452 e. The van der Waals surface area contributed by atoms with E-state index in [2.05, 4.69) is 26.0 Å². The number of rotatable bonds is 8. The van der Waals surface area contributed by atoms with Crippen molar-refractivity contribution in [2.45, 2.75) is 64.1 Å². The lowest BCUT2D eigenvalue weighted by molar-refractivity contribution is 0.446. The fourth-order valence-corrected chi connectivity index (χ4v) is 4.11. The van der Waals surface area contributed by atoms with Crippen molar-refractivity contribution in [1.82, 2.24) is 10.0 Å². The molecule has 1 rings (SSSR count). The first-order chi connectivity index (χ1) is 9.30. The highest BCUT2D eigenvalue weighted by Crippen LogP contribution is 2.26. The Morgan fingerprint density at radius 3 is 2.40 bits per heavy atom. The molecule has 0 amide bonds. The molecule has 0 radical (unpaired) electrons. The molecule has 0 bridgehead atoms. The van der Waals surface area contributed by atoms with E-state index in [1.165, 1.54) is 0 Å². The lowest BCUT2D eigenvalue weighted by Crippen LogP contribution is -2.33. The average molecular weight is 367 g/mol. The van der Waals surface area contributed by atoms with Gasteiger partial charge in [-0.25, -0.2) is 13.1 Å². The Kier molecular flexibility index (Phi) is 6.71. The van der Waals surface area contributed by atoms with Crippen molar-refractivity contribution in [2.75, 3.05) is 0 Å². The number of hydrogen-bond donors (Lipinski definition) is 2. The molecular formula is C13H23BrN2O3S. The highest BCUT2D eigenvalue weighted by molar-refractivity contribution is 9.10. The second-order valence-electron chi connectivity index (χ2n) is 5.02. The van der Waals surface area contributed by atoms with Crippen LogP contribution in [0.3, 0.4) is 0 Å². The maximum Gasteiger partial charge on any atom is 0.245 e. The summed E-state index contributed by atoms with van der Waals surface area (Å²) in [7, 11) is -3.55. The standard InChI is InChI=1S/C13H23BrN2O3S/c1-5-10(6-2)16-20(17,18)12-7-11(19-13(12)14)8-15-9(3)4/h7,9-10,15-16H,5-6,8H2,1-4H3. The summed E-state index contributed by atoms with van der Waals surface area (Å²) in [6, 6.07) is 1.81. The van der Waals surface area contributed by atoms with Crippen molar-refractivity contribution < 1.29 is 12.8 Å². The fraction of sp³-hybridized carbons (Fsp3) is 0.692. The molecule has 1 aromatic heterocycles. The van der Waals surface area contributed by atoms with Crippen LogP contribution in [-0.2, 0) is 16.6 Å². The molecule has 7 heteroatoms. The molecule has 0 saturated heterocycles. The molecule has 0 fully saturated rings. The van der Waals surface area contributed by atoms with E-state index < -0.39 is 10.0 Å². The Morgan fingerprint density at radius 2 is 1.90 bits per heavy atom. The van der Waals surface area contributed by atoms with Crippen LogP contribution in [-0.4, -0.2) is 20.5 Å². The molecule has 0 saturated carbocycles. The maximum absolute atomic E-state index is 12.3. The average Bonchev–Trinajstić information content (AvgIpc) is 2.75.